The van der Waals surface area contributed by atoms with Crippen molar-refractivity contribution in [3.63, 3.8) is 0 Å². The summed E-state index contributed by atoms with van der Waals surface area (Å²) in [4.78, 5) is 12.5. The van der Waals surface area contributed by atoms with E-state index in [1.807, 2.05) is 6.07 Å². The molecule has 2 aromatic rings. The number of hydrogen-bond donors (Lipinski definition) is 1. The number of benzene rings is 1. The van der Waals surface area contributed by atoms with Crippen LogP contribution in [-0.2, 0) is 13.0 Å². The van der Waals surface area contributed by atoms with Gasteiger partial charge in [-0.2, -0.15) is 5.26 Å². The Labute approximate surface area is 137 Å². The number of ether oxygens (including phenoxy) is 1. The van der Waals surface area contributed by atoms with E-state index in [1.165, 1.54) is 16.7 Å². The van der Waals surface area contributed by atoms with Crippen molar-refractivity contribution in [1.82, 2.24) is 9.13 Å². The van der Waals surface area contributed by atoms with Crippen molar-refractivity contribution in [1.29, 1.82) is 5.26 Å². The van der Waals surface area contributed by atoms with Gasteiger partial charge in [0.05, 0.1) is 16.9 Å². The van der Waals surface area contributed by atoms with Crippen molar-refractivity contribution < 1.29 is 14.2 Å². The predicted octanol–water partition coefficient (Wildman–Crippen LogP) is 2.26. The third-order valence-electron chi connectivity index (χ3n) is 4.03. The van der Waals surface area contributed by atoms with Gasteiger partial charge >= 0.3 is 5.69 Å². The Kier molecular flexibility index (Phi) is 4.13. The van der Waals surface area contributed by atoms with E-state index in [0.717, 1.165) is 23.5 Å². The molecule has 124 valence electrons. The van der Waals surface area contributed by atoms with Gasteiger partial charge in [0.15, 0.2) is 0 Å². The zero-order chi connectivity index (χ0) is 17.3. The Morgan fingerprint density at radius 3 is 2.92 bits per heavy atom. The van der Waals surface area contributed by atoms with Gasteiger partial charge in [-0.25, -0.2) is 13.8 Å². The lowest BCUT2D eigenvalue weighted by atomic mass is 10.1. The topological polar surface area (TPSA) is 80.2 Å². The van der Waals surface area contributed by atoms with Crippen molar-refractivity contribution in [2.75, 3.05) is 6.61 Å². The van der Waals surface area contributed by atoms with E-state index in [1.54, 1.807) is 0 Å². The summed E-state index contributed by atoms with van der Waals surface area (Å²) in [6.45, 7) is 4.15. The first-order valence-corrected chi connectivity index (χ1v) is 7.59. The molecule has 24 heavy (non-hydrogen) atoms. The molecule has 0 amide bonds. The van der Waals surface area contributed by atoms with Crippen LogP contribution in [0, 0.1) is 17.1 Å². The molecule has 0 bridgehead atoms. The zero-order valence-electron chi connectivity index (χ0n) is 13.0. The van der Waals surface area contributed by atoms with Crippen molar-refractivity contribution >= 4 is 0 Å². The summed E-state index contributed by atoms with van der Waals surface area (Å²) in [5.41, 5.74) is -0.129. The molecule has 0 atom stereocenters. The fraction of sp³-hybridized carbons (Fsp3) is 0.294. The van der Waals surface area contributed by atoms with Crippen LogP contribution in [0.4, 0.5) is 4.39 Å². The van der Waals surface area contributed by atoms with Gasteiger partial charge in [-0.15, -0.1) is 0 Å². The standard InChI is InChI=1S/C17H16FN3O3/c1-2-7-24-15-9-14(12(18)8-11(15)10-19)21-16(22)13-5-3-4-6-20(13)17(21)23/h2,8-9,22H,1,3-7H2. The minimum absolute atomic E-state index is 0.00890. The van der Waals surface area contributed by atoms with Crippen LogP contribution in [0.2, 0.25) is 0 Å². The van der Waals surface area contributed by atoms with E-state index in [-0.39, 0.29) is 29.5 Å². The Morgan fingerprint density at radius 1 is 1.46 bits per heavy atom. The SMILES string of the molecule is C=CCOc1cc(-n2c(O)c3n(c2=O)CCCC3)c(F)cc1C#N. The molecule has 3 rings (SSSR count). The molecule has 2 heterocycles. The summed E-state index contributed by atoms with van der Waals surface area (Å²) < 4.78 is 22.2. The first-order valence-electron chi connectivity index (χ1n) is 7.59. The molecule has 1 aromatic carbocycles. The monoisotopic (exact) mass is 329 g/mol. The van der Waals surface area contributed by atoms with E-state index in [0.29, 0.717) is 18.7 Å². The number of aromatic nitrogens is 2. The lowest BCUT2D eigenvalue weighted by Gasteiger charge is -2.12. The molecular weight excluding hydrogens is 313 g/mol. The molecule has 0 unspecified atom stereocenters. The number of hydrogen-bond acceptors (Lipinski definition) is 4. The molecule has 0 saturated carbocycles. The highest BCUT2D eigenvalue weighted by molar-refractivity contribution is 5.52. The molecule has 0 aliphatic carbocycles. The summed E-state index contributed by atoms with van der Waals surface area (Å²) in [6.07, 6.45) is 3.75. The van der Waals surface area contributed by atoms with Crippen LogP contribution in [0.1, 0.15) is 24.1 Å². The average molecular weight is 329 g/mol. The second kappa shape index (κ2) is 6.24. The summed E-state index contributed by atoms with van der Waals surface area (Å²) in [6, 6.07) is 4.10. The minimum atomic E-state index is -0.780. The number of aromatic hydroxyl groups is 1. The fourth-order valence-electron chi connectivity index (χ4n) is 2.90. The highest BCUT2D eigenvalue weighted by Gasteiger charge is 2.25. The molecule has 0 radical (unpaired) electrons. The van der Waals surface area contributed by atoms with Crippen LogP contribution in [0.5, 0.6) is 11.6 Å². The van der Waals surface area contributed by atoms with Gasteiger partial charge in [-0.1, -0.05) is 12.7 Å². The maximum atomic E-state index is 14.4. The summed E-state index contributed by atoms with van der Waals surface area (Å²) in [5, 5.41) is 19.5. The molecule has 1 aromatic heterocycles. The Morgan fingerprint density at radius 2 is 2.25 bits per heavy atom. The molecule has 0 fully saturated rings. The summed E-state index contributed by atoms with van der Waals surface area (Å²) in [7, 11) is 0. The molecule has 6 nitrogen and oxygen atoms in total. The number of halogens is 1. The summed E-state index contributed by atoms with van der Waals surface area (Å²) in [5.74, 6) is -0.917. The maximum Gasteiger partial charge on any atom is 0.336 e. The second-order valence-corrected chi connectivity index (χ2v) is 5.51. The van der Waals surface area contributed by atoms with Crippen molar-refractivity contribution in [2.24, 2.45) is 0 Å². The molecule has 1 N–H and O–H groups in total. The predicted molar refractivity (Wildman–Crippen MR) is 85.0 cm³/mol. The molecule has 1 aliphatic heterocycles. The first-order chi connectivity index (χ1) is 11.6. The normalized spacial score (nSPS) is 13.2. The van der Waals surface area contributed by atoms with E-state index in [9.17, 15) is 14.3 Å². The van der Waals surface area contributed by atoms with Gasteiger partial charge in [-0.05, 0) is 25.3 Å². The van der Waals surface area contributed by atoms with Gasteiger partial charge < -0.3 is 9.84 Å². The van der Waals surface area contributed by atoms with Crippen molar-refractivity contribution in [3.05, 3.63) is 52.3 Å². The van der Waals surface area contributed by atoms with Gasteiger partial charge in [0.2, 0.25) is 5.88 Å². The van der Waals surface area contributed by atoms with Crippen LogP contribution in [0.3, 0.4) is 0 Å². The van der Waals surface area contributed by atoms with Gasteiger partial charge in [0, 0.05) is 12.6 Å². The van der Waals surface area contributed by atoms with E-state index in [4.69, 9.17) is 10.00 Å². The van der Waals surface area contributed by atoms with E-state index >= 15 is 0 Å². The zero-order valence-corrected chi connectivity index (χ0v) is 13.0. The number of nitrogens with zero attached hydrogens (tertiary/aromatic N) is 3. The highest BCUT2D eigenvalue weighted by Crippen LogP contribution is 2.30. The first kappa shape index (κ1) is 15.9. The van der Waals surface area contributed by atoms with Crippen molar-refractivity contribution in [2.45, 2.75) is 25.8 Å². The molecular formula is C17H16FN3O3. The van der Waals surface area contributed by atoms with Crippen LogP contribution in [0.15, 0.2) is 29.6 Å². The van der Waals surface area contributed by atoms with E-state index < -0.39 is 11.5 Å². The van der Waals surface area contributed by atoms with Crippen LogP contribution < -0.4 is 10.4 Å². The maximum absolute atomic E-state index is 14.4. The number of rotatable bonds is 4. The lowest BCUT2D eigenvalue weighted by Crippen LogP contribution is -2.26. The van der Waals surface area contributed by atoms with Gasteiger partial charge in [0.1, 0.15) is 24.2 Å². The fourth-order valence-corrected chi connectivity index (χ4v) is 2.90. The highest BCUT2D eigenvalue weighted by atomic mass is 19.1. The van der Waals surface area contributed by atoms with Gasteiger partial charge in [-0.3, -0.25) is 4.57 Å². The number of fused-ring (bicyclic) bond motifs is 1. The van der Waals surface area contributed by atoms with Crippen LogP contribution in [-0.4, -0.2) is 20.8 Å². The quantitative estimate of drug-likeness (QED) is 0.873. The third-order valence-corrected chi connectivity index (χ3v) is 4.03. The summed E-state index contributed by atoms with van der Waals surface area (Å²) >= 11 is 0. The van der Waals surface area contributed by atoms with Crippen molar-refractivity contribution in [3.8, 4) is 23.4 Å². The molecule has 7 heteroatoms. The number of imidazole rings is 1. The van der Waals surface area contributed by atoms with Crippen LogP contribution in [0.25, 0.3) is 5.69 Å². The van der Waals surface area contributed by atoms with Gasteiger partial charge in [0.25, 0.3) is 0 Å². The largest absolute Gasteiger partial charge is 0.493 e. The Bertz CT molecular complexity index is 905. The van der Waals surface area contributed by atoms with E-state index in [2.05, 4.69) is 6.58 Å². The molecule has 0 saturated heterocycles. The smallest absolute Gasteiger partial charge is 0.336 e. The Hall–Kier alpha value is -3.01. The molecule has 1 aliphatic rings. The minimum Gasteiger partial charge on any atom is -0.493 e. The second-order valence-electron chi connectivity index (χ2n) is 5.51. The van der Waals surface area contributed by atoms with Crippen LogP contribution >= 0.6 is 0 Å². The average Bonchev–Trinajstić information content (AvgIpc) is 2.85. The third kappa shape index (κ3) is 2.46. The lowest BCUT2D eigenvalue weighted by molar-refractivity contribution is 0.360. The molecule has 0 spiro atoms. The Balaban J connectivity index is 2.20. The number of nitriles is 1.